The molecule has 0 spiro atoms. The van der Waals surface area contributed by atoms with E-state index in [1.54, 1.807) is 19.1 Å². The minimum Gasteiger partial charge on any atom is -0.376 e. The van der Waals surface area contributed by atoms with Gasteiger partial charge in [0.25, 0.3) is 5.56 Å². The smallest absolute Gasteiger partial charge is 0.258 e. The van der Waals surface area contributed by atoms with Crippen LogP contribution in [0.1, 0.15) is 18.7 Å². The molecule has 1 amide bonds. The Morgan fingerprint density at radius 3 is 2.90 bits per heavy atom. The van der Waals surface area contributed by atoms with Crippen molar-refractivity contribution < 1.29 is 4.79 Å². The standard InChI is InChI=1S/C15H18N4O2/c1-10-17-13-5-4-11(8-12(13)15(21)18-10)16-9-14(20)19-6-2-3-7-19/h4-5,8,16H,2-3,6-7,9H2,1H3,(H,17,18,21). The molecule has 6 nitrogen and oxygen atoms in total. The molecule has 0 bridgehead atoms. The summed E-state index contributed by atoms with van der Waals surface area (Å²) in [6.45, 7) is 3.70. The average molecular weight is 286 g/mol. The van der Waals surface area contributed by atoms with Crippen molar-refractivity contribution in [2.75, 3.05) is 25.0 Å². The van der Waals surface area contributed by atoms with E-state index in [4.69, 9.17) is 0 Å². The largest absolute Gasteiger partial charge is 0.376 e. The summed E-state index contributed by atoms with van der Waals surface area (Å²) in [6, 6.07) is 5.36. The van der Waals surface area contributed by atoms with Crippen molar-refractivity contribution in [2.45, 2.75) is 19.8 Å². The summed E-state index contributed by atoms with van der Waals surface area (Å²) in [5.74, 6) is 0.695. The normalized spacial score (nSPS) is 14.6. The predicted octanol–water partition coefficient (Wildman–Crippen LogP) is 1.27. The first-order valence-corrected chi connectivity index (χ1v) is 7.16. The van der Waals surface area contributed by atoms with Crippen LogP contribution in [0.25, 0.3) is 10.9 Å². The van der Waals surface area contributed by atoms with Crippen molar-refractivity contribution >= 4 is 22.5 Å². The Balaban J connectivity index is 1.75. The number of benzene rings is 1. The number of H-pyrrole nitrogens is 1. The Kier molecular flexibility index (Phi) is 3.60. The van der Waals surface area contributed by atoms with Gasteiger partial charge >= 0.3 is 0 Å². The number of aryl methyl sites for hydroxylation is 1. The first-order valence-electron chi connectivity index (χ1n) is 7.16. The third-order valence-electron chi connectivity index (χ3n) is 3.73. The van der Waals surface area contributed by atoms with Gasteiger partial charge in [-0.1, -0.05) is 0 Å². The lowest BCUT2D eigenvalue weighted by atomic mass is 10.2. The van der Waals surface area contributed by atoms with Gasteiger partial charge in [0, 0.05) is 18.8 Å². The van der Waals surface area contributed by atoms with E-state index in [0.717, 1.165) is 31.6 Å². The van der Waals surface area contributed by atoms with Crippen molar-refractivity contribution in [3.05, 3.63) is 34.4 Å². The summed E-state index contributed by atoms with van der Waals surface area (Å²) < 4.78 is 0. The van der Waals surface area contributed by atoms with Crippen LogP contribution in [0.4, 0.5) is 5.69 Å². The molecule has 1 aliphatic rings. The lowest BCUT2D eigenvalue weighted by Crippen LogP contribution is -2.32. The van der Waals surface area contributed by atoms with Gasteiger partial charge in [-0.3, -0.25) is 9.59 Å². The van der Waals surface area contributed by atoms with Crippen LogP contribution in [0.5, 0.6) is 0 Å². The van der Waals surface area contributed by atoms with Crippen LogP contribution in [-0.2, 0) is 4.79 Å². The molecule has 0 saturated carbocycles. The highest BCUT2D eigenvalue weighted by Crippen LogP contribution is 2.15. The lowest BCUT2D eigenvalue weighted by molar-refractivity contribution is -0.128. The van der Waals surface area contributed by atoms with Crippen LogP contribution in [0, 0.1) is 6.92 Å². The number of carbonyl (C=O) groups excluding carboxylic acids is 1. The minimum atomic E-state index is -0.160. The molecular formula is C15H18N4O2. The second-order valence-corrected chi connectivity index (χ2v) is 5.32. The molecule has 6 heteroatoms. The summed E-state index contributed by atoms with van der Waals surface area (Å²) in [6.07, 6.45) is 2.17. The highest BCUT2D eigenvalue weighted by molar-refractivity contribution is 5.84. The van der Waals surface area contributed by atoms with Gasteiger partial charge in [-0.25, -0.2) is 4.98 Å². The zero-order chi connectivity index (χ0) is 14.8. The molecule has 0 radical (unpaired) electrons. The number of carbonyl (C=O) groups is 1. The van der Waals surface area contributed by atoms with Crippen molar-refractivity contribution in [3.63, 3.8) is 0 Å². The molecule has 1 aromatic heterocycles. The van der Waals surface area contributed by atoms with Gasteiger partial charge in [0.15, 0.2) is 0 Å². The van der Waals surface area contributed by atoms with Crippen molar-refractivity contribution in [2.24, 2.45) is 0 Å². The number of aromatic amines is 1. The first-order chi connectivity index (χ1) is 10.1. The number of nitrogens with one attached hydrogen (secondary N) is 2. The fraction of sp³-hybridized carbons (Fsp3) is 0.400. The van der Waals surface area contributed by atoms with Gasteiger partial charge in [0.2, 0.25) is 5.91 Å². The average Bonchev–Trinajstić information content (AvgIpc) is 2.99. The summed E-state index contributed by atoms with van der Waals surface area (Å²) in [5.41, 5.74) is 1.26. The van der Waals surface area contributed by atoms with E-state index in [9.17, 15) is 9.59 Å². The van der Waals surface area contributed by atoms with E-state index in [2.05, 4.69) is 15.3 Å². The number of hydrogen-bond donors (Lipinski definition) is 2. The number of likely N-dealkylation sites (tertiary alicyclic amines) is 1. The number of amides is 1. The molecule has 110 valence electrons. The fourth-order valence-corrected chi connectivity index (χ4v) is 2.62. The molecule has 0 unspecified atom stereocenters. The predicted molar refractivity (Wildman–Crippen MR) is 81.4 cm³/mol. The van der Waals surface area contributed by atoms with Crippen molar-refractivity contribution in [3.8, 4) is 0 Å². The maximum Gasteiger partial charge on any atom is 0.258 e. The number of nitrogens with zero attached hydrogens (tertiary/aromatic N) is 2. The van der Waals surface area contributed by atoms with E-state index in [1.165, 1.54) is 0 Å². The van der Waals surface area contributed by atoms with E-state index >= 15 is 0 Å². The molecule has 2 N–H and O–H groups in total. The van der Waals surface area contributed by atoms with E-state index < -0.39 is 0 Å². The van der Waals surface area contributed by atoms with Crippen molar-refractivity contribution in [1.29, 1.82) is 0 Å². The summed E-state index contributed by atoms with van der Waals surface area (Å²) in [4.78, 5) is 32.7. The molecule has 0 aliphatic carbocycles. The number of rotatable bonds is 3. The Labute approximate surface area is 122 Å². The third kappa shape index (κ3) is 2.89. The molecule has 2 aromatic rings. The lowest BCUT2D eigenvalue weighted by Gasteiger charge is -2.16. The maximum atomic E-state index is 12.0. The molecule has 21 heavy (non-hydrogen) atoms. The molecule has 1 aliphatic heterocycles. The summed E-state index contributed by atoms with van der Waals surface area (Å²) in [5, 5.41) is 3.61. The summed E-state index contributed by atoms with van der Waals surface area (Å²) >= 11 is 0. The third-order valence-corrected chi connectivity index (χ3v) is 3.73. The molecular weight excluding hydrogens is 268 g/mol. The Morgan fingerprint density at radius 2 is 2.14 bits per heavy atom. The number of anilines is 1. The molecule has 3 rings (SSSR count). The van der Waals surface area contributed by atoms with E-state index in [1.807, 2.05) is 11.0 Å². The van der Waals surface area contributed by atoms with Crippen LogP contribution >= 0.6 is 0 Å². The first kappa shape index (κ1) is 13.6. The molecule has 0 atom stereocenters. The zero-order valence-electron chi connectivity index (χ0n) is 12.0. The fourth-order valence-electron chi connectivity index (χ4n) is 2.62. The van der Waals surface area contributed by atoms with Gasteiger partial charge in [-0.2, -0.15) is 0 Å². The number of hydrogen-bond acceptors (Lipinski definition) is 4. The van der Waals surface area contributed by atoms with Gasteiger partial charge < -0.3 is 15.2 Å². The second kappa shape index (κ2) is 5.55. The highest BCUT2D eigenvalue weighted by Gasteiger charge is 2.17. The zero-order valence-corrected chi connectivity index (χ0v) is 12.0. The van der Waals surface area contributed by atoms with Gasteiger partial charge in [-0.05, 0) is 38.0 Å². The van der Waals surface area contributed by atoms with Crippen LogP contribution < -0.4 is 10.9 Å². The van der Waals surface area contributed by atoms with Crippen LogP contribution in [0.2, 0.25) is 0 Å². The second-order valence-electron chi connectivity index (χ2n) is 5.32. The number of fused-ring (bicyclic) bond motifs is 1. The van der Waals surface area contributed by atoms with Crippen LogP contribution in [0.3, 0.4) is 0 Å². The molecule has 1 fully saturated rings. The Morgan fingerprint density at radius 1 is 1.38 bits per heavy atom. The molecule has 1 saturated heterocycles. The van der Waals surface area contributed by atoms with E-state index in [0.29, 0.717) is 16.7 Å². The monoisotopic (exact) mass is 286 g/mol. The van der Waals surface area contributed by atoms with Crippen LogP contribution in [-0.4, -0.2) is 40.4 Å². The van der Waals surface area contributed by atoms with Gasteiger partial charge in [0.05, 0.1) is 17.4 Å². The molecule has 1 aromatic carbocycles. The van der Waals surface area contributed by atoms with E-state index in [-0.39, 0.29) is 18.0 Å². The van der Waals surface area contributed by atoms with Crippen molar-refractivity contribution in [1.82, 2.24) is 14.9 Å². The number of aromatic nitrogens is 2. The molecule has 2 heterocycles. The maximum absolute atomic E-state index is 12.0. The van der Waals surface area contributed by atoms with Gasteiger partial charge in [0.1, 0.15) is 5.82 Å². The van der Waals surface area contributed by atoms with Crippen LogP contribution in [0.15, 0.2) is 23.0 Å². The Hall–Kier alpha value is -2.37. The minimum absolute atomic E-state index is 0.100. The SMILES string of the molecule is Cc1nc2ccc(NCC(=O)N3CCCC3)cc2c(=O)[nH]1. The quantitative estimate of drug-likeness (QED) is 0.890. The highest BCUT2D eigenvalue weighted by atomic mass is 16.2. The Bertz CT molecular complexity index is 732. The summed E-state index contributed by atoms with van der Waals surface area (Å²) in [7, 11) is 0. The van der Waals surface area contributed by atoms with Gasteiger partial charge in [-0.15, -0.1) is 0 Å². The topological polar surface area (TPSA) is 78.1 Å².